The molecule has 3 aromatic rings. The third-order valence-corrected chi connectivity index (χ3v) is 6.19. The molecular formula is C23H26N4O4S. The molecular weight excluding hydrogens is 428 g/mol. The highest BCUT2D eigenvalue weighted by molar-refractivity contribution is 7.13. The van der Waals surface area contributed by atoms with Gasteiger partial charge in [-0.15, -0.1) is 11.3 Å². The molecule has 3 heterocycles. The van der Waals surface area contributed by atoms with Gasteiger partial charge in [0.1, 0.15) is 0 Å². The Morgan fingerprint density at radius 3 is 2.69 bits per heavy atom. The largest absolute Gasteiger partial charge is 0.493 e. The molecule has 32 heavy (non-hydrogen) atoms. The average molecular weight is 455 g/mol. The lowest BCUT2D eigenvalue weighted by Gasteiger charge is -2.34. The van der Waals surface area contributed by atoms with Gasteiger partial charge in [-0.3, -0.25) is 9.69 Å². The van der Waals surface area contributed by atoms with E-state index in [-0.39, 0.29) is 5.91 Å². The van der Waals surface area contributed by atoms with E-state index < -0.39 is 0 Å². The Morgan fingerprint density at radius 2 is 2.03 bits per heavy atom. The maximum atomic E-state index is 13.2. The number of nitrogens with zero attached hydrogens (tertiary/aromatic N) is 4. The summed E-state index contributed by atoms with van der Waals surface area (Å²) in [4.78, 5) is 22.7. The van der Waals surface area contributed by atoms with Crippen LogP contribution < -0.4 is 9.47 Å². The molecule has 0 spiro atoms. The number of methoxy groups -OCH3 is 2. The summed E-state index contributed by atoms with van der Waals surface area (Å²) < 4.78 is 16.3. The number of carbonyl (C=O) groups excluding carboxylic acids is 1. The number of hydrogen-bond acceptors (Lipinski definition) is 8. The number of thiophene rings is 1. The van der Waals surface area contributed by atoms with Crippen LogP contribution in [-0.2, 0) is 6.54 Å². The fraction of sp³-hybridized carbons (Fsp3) is 0.348. The SMILES string of the molecule is C/C=C/c1cc(C(=O)N2CCN(Cc3nc(-c4cccs4)no3)CC2)cc(OC)c1OC. The Labute approximate surface area is 191 Å². The van der Waals surface area contributed by atoms with Crippen LogP contribution in [0.2, 0.25) is 0 Å². The molecule has 1 saturated heterocycles. The number of carbonyl (C=O) groups is 1. The molecule has 8 nitrogen and oxygen atoms in total. The molecule has 0 N–H and O–H groups in total. The Kier molecular flexibility index (Phi) is 6.87. The van der Waals surface area contributed by atoms with Crippen LogP contribution >= 0.6 is 11.3 Å². The number of allylic oxidation sites excluding steroid dienone is 1. The first kappa shape index (κ1) is 22.0. The van der Waals surface area contributed by atoms with Crippen LogP contribution in [0.15, 0.2) is 40.2 Å². The van der Waals surface area contributed by atoms with Crippen molar-refractivity contribution in [3.63, 3.8) is 0 Å². The van der Waals surface area contributed by atoms with E-state index in [1.807, 2.05) is 47.6 Å². The van der Waals surface area contributed by atoms with Gasteiger partial charge in [0.25, 0.3) is 5.91 Å². The maximum Gasteiger partial charge on any atom is 0.254 e. The second kappa shape index (κ2) is 9.97. The van der Waals surface area contributed by atoms with E-state index >= 15 is 0 Å². The van der Waals surface area contributed by atoms with E-state index in [1.54, 1.807) is 31.6 Å². The van der Waals surface area contributed by atoms with E-state index in [0.29, 0.717) is 48.4 Å². The Bertz CT molecular complexity index is 1090. The Hall–Kier alpha value is -3.17. The van der Waals surface area contributed by atoms with Crippen LogP contribution in [0.5, 0.6) is 11.5 Å². The standard InChI is InChI=1S/C23H26N4O4S/c1-4-6-16-13-17(14-18(29-2)21(16)30-3)23(28)27-10-8-26(9-11-27)15-20-24-22(25-31-20)19-7-5-12-32-19/h4-7,12-14H,8-11,15H2,1-3H3/b6-4+. The van der Waals surface area contributed by atoms with Gasteiger partial charge in [0.05, 0.1) is 25.6 Å². The second-order valence-electron chi connectivity index (χ2n) is 7.36. The molecule has 0 radical (unpaired) electrons. The van der Waals surface area contributed by atoms with Gasteiger partial charge in [0, 0.05) is 37.3 Å². The summed E-state index contributed by atoms with van der Waals surface area (Å²) in [6.07, 6.45) is 3.82. The zero-order valence-corrected chi connectivity index (χ0v) is 19.2. The molecule has 0 unspecified atom stereocenters. The molecule has 2 aromatic heterocycles. The van der Waals surface area contributed by atoms with Crippen molar-refractivity contribution < 1.29 is 18.8 Å². The molecule has 1 aliphatic heterocycles. The minimum Gasteiger partial charge on any atom is -0.493 e. The van der Waals surface area contributed by atoms with Crippen molar-refractivity contribution >= 4 is 23.3 Å². The summed E-state index contributed by atoms with van der Waals surface area (Å²) in [6, 6.07) is 7.53. The monoisotopic (exact) mass is 454 g/mol. The van der Waals surface area contributed by atoms with Gasteiger partial charge in [-0.05, 0) is 30.5 Å². The first-order valence-corrected chi connectivity index (χ1v) is 11.3. The van der Waals surface area contributed by atoms with E-state index in [0.717, 1.165) is 23.5 Å². The summed E-state index contributed by atoms with van der Waals surface area (Å²) in [5, 5.41) is 6.05. The fourth-order valence-electron chi connectivity index (χ4n) is 3.73. The van der Waals surface area contributed by atoms with Crippen LogP contribution in [0.25, 0.3) is 16.8 Å². The molecule has 0 bridgehead atoms. The molecule has 9 heteroatoms. The summed E-state index contributed by atoms with van der Waals surface area (Å²) in [5.74, 6) is 2.35. The minimum absolute atomic E-state index is 0.0193. The van der Waals surface area contributed by atoms with Gasteiger partial charge in [-0.25, -0.2) is 0 Å². The fourth-order valence-corrected chi connectivity index (χ4v) is 4.38. The normalized spacial score (nSPS) is 14.8. The minimum atomic E-state index is -0.0193. The van der Waals surface area contributed by atoms with E-state index in [2.05, 4.69) is 15.0 Å². The van der Waals surface area contributed by atoms with Crippen molar-refractivity contribution in [2.75, 3.05) is 40.4 Å². The zero-order valence-electron chi connectivity index (χ0n) is 18.4. The topological polar surface area (TPSA) is 80.9 Å². The number of hydrogen-bond donors (Lipinski definition) is 0. The summed E-state index contributed by atoms with van der Waals surface area (Å²) in [6.45, 7) is 5.21. The van der Waals surface area contributed by atoms with Gasteiger partial charge in [0.2, 0.25) is 11.7 Å². The number of amides is 1. The number of piperazine rings is 1. The van der Waals surface area contributed by atoms with Crippen LogP contribution in [0.1, 0.15) is 28.7 Å². The molecule has 1 fully saturated rings. The lowest BCUT2D eigenvalue weighted by molar-refractivity contribution is 0.0614. The Morgan fingerprint density at radius 1 is 1.22 bits per heavy atom. The zero-order chi connectivity index (χ0) is 22.5. The Balaban J connectivity index is 1.40. The van der Waals surface area contributed by atoms with Crippen LogP contribution in [0.3, 0.4) is 0 Å². The van der Waals surface area contributed by atoms with Crippen LogP contribution in [0.4, 0.5) is 0 Å². The molecule has 1 aliphatic rings. The van der Waals surface area contributed by atoms with E-state index in [4.69, 9.17) is 14.0 Å². The third kappa shape index (κ3) is 4.68. The van der Waals surface area contributed by atoms with Gasteiger partial charge in [-0.2, -0.15) is 4.98 Å². The number of ether oxygens (including phenoxy) is 2. The lowest BCUT2D eigenvalue weighted by Crippen LogP contribution is -2.48. The number of benzene rings is 1. The predicted octanol–water partition coefficient (Wildman–Crippen LogP) is 3.81. The van der Waals surface area contributed by atoms with Crippen molar-refractivity contribution in [1.29, 1.82) is 0 Å². The predicted molar refractivity (Wildman–Crippen MR) is 123 cm³/mol. The summed E-state index contributed by atoms with van der Waals surface area (Å²) >= 11 is 1.58. The van der Waals surface area contributed by atoms with Crippen molar-refractivity contribution in [2.24, 2.45) is 0 Å². The lowest BCUT2D eigenvalue weighted by atomic mass is 10.1. The highest BCUT2D eigenvalue weighted by Gasteiger charge is 2.25. The molecule has 0 atom stereocenters. The first-order chi connectivity index (χ1) is 15.6. The summed E-state index contributed by atoms with van der Waals surface area (Å²) in [5.41, 5.74) is 1.40. The first-order valence-electron chi connectivity index (χ1n) is 10.4. The molecule has 1 amide bonds. The molecule has 4 rings (SSSR count). The highest BCUT2D eigenvalue weighted by Crippen LogP contribution is 2.34. The smallest absolute Gasteiger partial charge is 0.254 e. The van der Waals surface area contributed by atoms with Gasteiger partial charge < -0.3 is 18.9 Å². The van der Waals surface area contributed by atoms with E-state index in [1.165, 1.54) is 0 Å². The molecule has 1 aromatic carbocycles. The molecule has 168 valence electrons. The maximum absolute atomic E-state index is 13.2. The van der Waals surface area contributed by atoms with Crippen molar-refractivity contribution in [3.8, 4) is 22.2 Å². The molecule has 0 saturated carbocycles. The van der Waals surface area contributed by atoms with Crippen LogP contribution in [0, 0.1) is 0 Å². The van der Waals surface area contributed by atoms with Crippen molar-refractivity contribution in [2.45, 2.75) is 13.5 Å². The summed E-state index contributed by atoms with van der Waals surface area (Å²) in [7, 11) is 3.17. The number of rotatable bonds is 7. The van der Waals surface area contributed by atoms with Crippen molar-refractivity contribution in [1.82, 2.24) is 19.9 Å². The highest BCUT2D eigenvalue weighted by atomic mass is 32.1. The average Bonchev–Trinajstić information content (AvgIpc) is 3.51. The molecule has 0 aliphatic carbocycles. The van der Waals surface area contributed by atoms with Crippen molar-refractivity contribution in [3.05, 3.63) is 52.7 Å². The van der Waals surface area contributed by atoms with Gasteiger partial charge in [-0.1, -0.05) is 23.4 Å². The third-order valence-electron chi connectivity index (χ3n) is 5.33. The van der Waals surface area contributed by atoms with Gasteiger partial charge in [0.15, 0.2) is 11.5 Å². The van der Waals surface area contributed by atoms with E-state index in [9.17, 15) is 4.79 Å². The number of aromatic nitrogens is 2. The van der Waals surface area contributed by atoms with Crippen LogP contribution in [-0.4, -0.2) is 66.2 Å². The second-order valence-corrected chi connectivity index (χ2v) is 8.31. The van der Waals surface area contributed by atoms with Gasteiger partial charge >= 0.3 is 0 Å². The quantitative estimate of drug-likeness (QED) is 0.537.